The lowest BCUT2D eigenvalue weighted by Gasteiger charge is -2.29. The predicted octanol–water partition coefficient (Wildman–Crippen LogP) is 4.97. The molecule has 4 aromatic carbocycles. The van der Waals surface area contributed by atoms with Crippen LogP contribution in [0, 0.1) is 5.92 Å². The van der Waals surface area contributed by atoms with Crippen LogP contribution in [0.4, 0.5) is 11.4 Å². The zero-order valence-electron chi connectivity index (χ0n) is 22.3. The third-order valence-electron chi connectivity index (χ3n) is 7.20. The molecule has 0 saturated carbocycles. The van der Waals surface area contributed by atoms with Crippen LogP contribution in [0.3, 0.4) is 0 Å². The maximum atomic E-state index is 13.9. The van der Waals surface area contributed by atoms with E-state index in [4.69, 9.17) is 19.0 Å². The molecule has 9 nitrogen and oxygen atoms in total. The third kappa shape index (κ3) is 4.66. The van der Waals surface area contributed by atoms with Gasteiger partial charge in [-0.1, -0.05) is 42.5 Å². The van der Waals surface area contributed by atoms with Gasteiger partial charge in [0.25, 0.3) is 5.91 Å². The molecule has 2 aliphatic heterocycles. The van der Waals surface area contributed by atoms with Crippen LogP contribution >= 0.6 is 0 Å². The van der Waals surface area contributed by atoms with Crippen molar-refractivity contribution >= 4 is 29.2 Å². The highest BCUT2D eigenvalue weighted by Gasteiger charge is 2.60. The standard InChI is InChI=1S/C32H26N2O7/c1-38-24-16-14-22(15-17-24)33-30(35)27-28(34(41-29(27)31(33)36)23-11-7-4-8-12-23)21-13-18-25(26(19-21)39-2)40-32(37)20-9-5-3-6-10-20/h3-19,27-29H,1-2H3/t27-,28+,29+/m1/s1. The van der Waals surface area contributed by atoms with Crippen LogP contribution in [-0.2, 0) is 14.4 Å². The molecule has 0 unspecified atom stereocenters. The summed E-state index contributed by atoms with van der Waals surface area (Å²) < 4.78 is 16.4. The Hall–Kier alpha value is -5.15. The van der Waals surface area contributed by atoms with Crippen LogP contribution in [-0.4, -0.2) is 38.1 Å². The van der Waals surface area contributed by atoms with Gasteiger partial charge in [0.15, 0.2) is 17.6 Å². The SMILES string of the molecule is COc1ccc(N2C(=O)[C@H]3[C@H](ON(c4ccccc4)[C@H]3c3ccc(OC(=O)c4ccccc4)c(OC)c3)C2=O)cc1. The Kier molecular flexibility index (Phi) is 6.86. The van der Waals surface area contributed by atoms with Gasteiger partial charge in [-0.3, -0.25) is 14.4 Å². The molecule has 0 aliphatic carbocycles. The fourth-order valence-corrected chi connectivity index (χ4v) is 5.22. The van der Waals surface area contributed by atoms with E-state index in [1.54, 1.807) is 78.9 Å². The molecule has 206 valence electrons. The predicted molar refractivity (Wildman–Crippen MR) is 150 cm³/mol. The van der Waals surface area contributed by atoms with E-state index < -0.39 is 29.9 Å². The average molecular weight is 551 g/mol. The van der Waals surface area contributed by atoms with Gasteiger partial charge < -0.3 is 14.2 Å². The van der Waals surface area contributed by atoms with Gasteiger partial charge in [-0.15, -0.1) is 0 Å². The highest BCUT2D eigenvalue weighted by atomic mass is 16.7. The highest BCUT2D eigenvalue weighted by molar-refractivity contribution is 6.24. The molecule has 0 spiro atoms. The lowest BCUT2D eigenvalue weighted by molar-refractivity contribution is -0.126. The monoisotopic (exact) mass is 550 g/mol. The number of anilines is 2. The van der Waals surface area contributed by atoms with E-state index in [1.165, 1.54) is 7.11 Å². The van der Waals surface area contributed by atoms with E-state index in [0.29, 0.717) is 34.0 Å². The first-order chi connectivity index (χ1) is 20.0. The number of amides is 2. The summed E-state index contributed by atoms with van der Waals surface area (Å²) in [5.41, 5.74) is 2.16. The summed E-state index contributed by atoms with van der Waals surface area (Å²) in [6.45, 7) is 0. The van der Waals surface area contributed by atoms with Crippen molar-refractivity contribution in [3.05, 3.63) is 114 Å². The number of nitrogens with zero attached hydrogens (tertiary/aromatic N) is 2. The fraction of sp³-hybridized carbons (Fsp3) is 0.156. The van der Waals surface area contributed by atoms with Crippen LogP contribution in [0.2, 0.25) is 0 Å². The summed E-state index contributed by atoms with van der Waals surface area (Å²) in [6, 6.07) is 29.0. The smallest absolute Gasteiger partial charge is 0.343 e. The molecule has 2 aliphatic rings. The number of carbonyl (C=O) groups excluding carboxylic acids is 3. The van der Waals surface area contributed by atoms with Crippen LogP contribution in [0.5, 0.6) is 17.2 Å². The maximum Gasteiger partial charge on any atom is 0.343 e. The second kappa shape index (κ2) is 10.8. The number of hydrogen-bond acceptors (Lipinski definition) is 8. The molecular formula is C32H26N2O7. The second-order valence-electron chi connectivity index (χ2n) is 9.53. The molecule has 2 saturated heterocycles. The van der Waals surface area contributed by atoms with Crippen LogP contribution in [0.1, 0.15) is 22.0 Å². The maximum absolute atomic E-state index is 13.9. The lowest BCUT2D eigenvalue weighted by atomic mass is 9.90. The van der Waals surface area contributed by atoms with Crippen LogP contribution in [0.25, 0.3) is 0 Å². The summed E-state index contributed by atoms with van der Waals surface area (Å²) in [6.07, 6.45) is -1.03. The van der Waals surface area contributed by atoms with Crippen molar-refractivity contribution in [3.8, 4) is 17.2 Å². The van der Waals surface area contributed by atoms with Crippen molar-refractivity contribution in [1.29, 1.82) is 0 Å². The fourth-order valence-electron chi connectivity index (χ4n) is 5.22. The number of carbonyl (C=O) groups is 3. The molecule has 6 rings (SSSR count). The Labute approximate surface area is 236 Å². The molecule has 0 radical (unpaired) electrons. The number of hydrogen-bond donors (Lipinski definition) is 0. The molecule has 2 fully saturated rings. The van der Waals surface area contributed by atoms with Gasteiger partial charge in [-0.2, -0.15) is 0 Å². The van der Waals surface area contributed by atoms with Crippen molar-refractivity contribution in [3.63, 3.8) is 0 Å². The van der Waals surface area contributed by atoms with Gasteiger partial charge in [-0.05, 0) is 66.2 Å². The molecule has 0 N–H and O–H groups in total. The number of esters is 1. The highest BCUT2D eigenvalue weighted by Crippen LogP contribution is 2.48. The molecule has 0 bridgehead atoms. The number of rotatable bonds is 7. The Morgan fingerprint density at radius 2 is 1.41 bits per heavy atom. The van der Waals surface area contributed by atoms with E-state index >= 15 is 0 Å². The van der Waals surface area contributed by atoms with Gasteiger partial charge in [0.2, 0.25) is 5.91 Å². The van der Waals surface area contributed by atoms with Crippen molar-refractivity contribution in [1.82, 2.24) is 0 Å². The largest absolute Gasteiger partial charge is 0.497 e. The first-order valence-electron chi connectivity index (χ1n) is 13.0. The molecular weight excluding hydrogens is 524 g/mol. The van der Waals surface area contributed by atoms with Gasteiger partial charge in [0.1, 0.15) is 11.7 Å². The average Bonchev–Trinajstić information content (AvgIpc) is 3.53. The number of hydroxylamine groups is 1. The summed E-state index contributed by atoms with van der Waals surface area (Å²) in [5, 5.41) is 1.60. The first-order valence-corrected chi connectivity index (χ1v) is 13.0. The molecule has 0 aromatic heterocycles. The van der Waals surface area contributed by atoms with E-state index in [1.807, 2.05) is 36.4 Å². The van der Waals surface area contributed by atoms with Crippen molar-refractivity contribution in [2.24, 2.45) is 5.92 Å². The molecule has 4 aromatic rings. The number of para-hydroxylation sites is 1. The van der Waals surface area contributed by atoms with Crippen LogP contribution < -0.4 is 24.2 Å². The topological polar surface area (TPSA) is 94.6 Å². The minimum atomic E-state index is -1.03. The Balaban J connectivity index is 1.37. The van der Waals surface area contributed by atoms with Crippen LogP contribution in [0.15, 0.2) is 103 Å². The Morgan fingerprint density at radius 1 is 0.732 bits per heavy atom. The van der Waals surface area contributed by atoms with Crippen molar-refractivity contribution in [2.75, 3.05) is 24.2 Å². The van der Waals surface area contributed by atoms with E-state index in [-0.39, 0.29) is 11.7 Å². The molecule has 9 heteroatoms. The summed E-state index contributed by atoms with van der Waals surface area (Å²) in [5.74, 6) is -1.07. The zero-order valence-corrected chi connectivity index (χ0v) is 22.3. The van der Waals surface area contributed by atoms with Gasteiger partial charge in [0, 0.05) is 0 Å². The Bertz CT molecular complexity index is 1590. The van der Waals surface area contributed by atoms with E-state index in [9.17, 15) is 14.4 Å². The minimum Gasteiger partial charge on any atom is -0.497 e. The molecule has 41 heavy (non-hydrogen) atoms. The normalized spacial score (nSPS) is 19.7. The Morgan fingerprint density at radius 3 is 2.07 bits per heavy atom. The summed E-state index contributed by atoms with van der Waals surface area (Å²) in [7, 11) is 3.02. The van der Waals surface area contributed by atoms with Gasteiger partial charge in [0.05, 0.1) is 37.2 Å². The van der Waals surface area contributed by atoms with E-state index in [2.05, 4.69) is 0 Å². The summed E-state index contributed by atoms with van der Waals surface area (Å²) >= 11 is 0. The zero-order chi connectivity index (χ0) is 28.5. The minimum absolute atomic E-state index is 0.223. The van der Waals surface area contributed by atoms with E-state index in [0.717, 1.165) is 4.90 Å². The molecule has 3 atom stereocenters. The summed E-state index contributed by atoms with van der Waals surface area (Å²) in [4.78, 5) is 47.6. The van der Waals surface area contributed by atoms with Gasteiger partial charge in [-0.25, -0.2) is 14.8 Å². The number of methoxy groups -OCH3 is 2. The number of ether oxygens (including phenoxy) is 3. The van der Waals surface area contributed by atoms with Gasteiger partial charge >= 0.3 is 5.97 Å². The second-order valence-corrected chi connectivity index (χ2v) is 9.53. The van der Waals surface area contributed by atoms with Crippen molar-refractivity contribution < 1.29 is 33.4 Å². The quantitative estimate of drug-likeness (QED) is 0.181. The molecule has 2 heterocycles. The van der Waals surface area contributed by atoms with Crippen molar-refractivity contribution in [2.45, 2.75) is 12.1 Å². The third-order valence-corrected chi connectivity index (χ3v) is 7.20. The molecule has 2 amide bonds. The first kappa shape index (κ1) is 26.1. The number of benzene rings is 4. The lowest BCUT2D eigenvalue weighted by Crippen LogP contribution is -2.37. The number of imide groups is 1. The number of fused-ring (bicyclic) bond motifs is 1.